The Morgan fingerprint density at radius 3 is 2.12 bits per heavy atom. The minimum absolute atomic E-state index is 0.217. The number of ether oxygens (including phenoxy) is 1. The highest BCUT2D eigenvalue weighted by Crippen LogP contribution is 2.36. The molecule has 0 saturated heterocycles. The van der Waals surface area contributed by atoms with E-state index in [1.165, 1.54) is 0 Å². The van der Waals surface area contributed by atoms with Gasteiger partial charge in [0.05, 0.1) is 0 Å². The zero-order valence-electron chi connectivity index (χ0n) is 9.86. The van der Waals surface area contributed by atoms with Crippen LogP contribution in [0.25, 0.3) is 0 Å². The number of rotatable bonds is 2. The highest BCUT2D eigenvalue weighted by atomic mass is 16.6. The maximum Gasteiger partial charge on any atom is 0.405 e. The topological polar surface area (TPSA) is 78.3 Å². The second-order valence-electron chi connectivity index (χ2n) is 4.85. The summed E-state index contributed by atoms with van der Waals surface area (Å²) in [6, 6.07) is 7.24. The molecular formula is C12H18N2O2. The Bertz CT molecular complexity index is 366. The van der Waals surface area contributed by atoms with Crippen molar-refractivity contribution in [2.24, 2.45) is 11.1 Å². The van der Waals surface area contributed by atoms with E-state index in [0.29, 0.717) is 5.69 Å². The van der Waals surface area contributed by atoms with Gasteiger partial charge in [0.25, 0.3) is 0 Å². The molecule has 0 bridgehead atoms. The second kappa shape index (κ2) is 4.43. The van der Waals surface area contributed by atoms with E-state index < -0.39 is 6.09 Å². The zero-order chi connectivity index (χ0) is 12.3. The normalized spacial score (nSPS) is 13.2. The number of anilines is 1. The number of benzene rings is 1. The largest absolute Gasteiger partial charge is 0.441 e. The predicted molar refractivity (Wildman–Crippen MR) is 63.7 cm³/mol. The summed E-state index contributed by atoms with van der Waals surface area (Å²) < 4.78 is 5.14. The lowest BCUT2D eigenvalue weighted by Crippen LogP contribution is -2.26. The Balaban J connectivity index is 3.01. The molecule has 88 valence electrons. The van der Waals surface area contributed by atoms with Crippen molar-refractivity contribution in [3.05, 3.63) is 29.8 Å². The fraction of sp³-hybridized carbons (Fsp3) is 0.417. The van der Waals surface area contributed by atoms with E-state index in [1.807, 2.05) is 32.9 Å². The van der Waals surface area contributed by atoms with Gasteiger partial charge in [-0.25, -0.2) is 4.79 Å². The molecule has 4 N–H and O–H groups in total. The molecular weight excluding hydrogens is 204 g/mol. The highest BCUT2D eigenvalue weighted by Gasteiger charge is 2.29. The smallest absolute Gasteiger partial charge is 0.405 e. The Hall–Kier alpha value is -1.71. The van der Waals surface area contributed by atoms with Crippen molar-refractivity contribution < 1.29 is 9.53 Å². The average Bonchev–Trinajstić information content (AvgIpc) is 2.14. The summed E-state index contributed by atoms with van der Waals surface area (Å²) in [5.41, 5.74) is 12.0. The van der Waals surface area contributed by atoms with Crippen LogP contribution in [0.3, 0.4) is 0 Å². The molecule has 4 heteroatoms. The molecule has 16 heavy (non-hydrogen) atoms. The molecule has 0 radical (unpaired) electrons. The Kier molecular flexibility index (Phi) is 3.42. The van der Waals surface area contributed by atoms with Crippen LogP contribution in [0.15, 0.2) is 24.3 Å². The average molecular weight is 222 g/mol. The summed E-state index contributed by atoms with van der Waals surface area (Å²) in [7, 11) is 0. The Morgan fingerprint density at radius 1 is 1.25 bits per heavy atom. The van der Waals surface area contributed by atoms with Crippen LogP contribution < -0.4 is 11.5 Å². The van der Waals surface area contributed by atoms with Crippen molar-refractivity contribution in [2.45, 2.75) is 26.9 Å². The molecule has 1 amide bonds. The molecule has 1 atom stereocenters. The molecule has 0 aromatic heterocycles. The molecule has 4 nitrogen and oxygen atoms in total. The molecule has 0 spiro atoms. The van der Waals surface area contributed by atoms with Crippen LogP contribution in [0, 0.1) is 5.41 Å². The van der Waals surface area contributed by atoms with Crippen LogP contribution in [-0.4, -0.2) is 6.09 Å². The molecule has 0 fully saturated rings. The van der Waals surface area contributed by atoms with Gasteiger partial charge in [0.1, 0.15) is 6.10 Å². The maximum absolute atomic E-state index is 10.9. The van der Waals surface area contributed by atoms with Crippen LogP contribution in [0.2, 0.25) is 0 Å². The van der Waals surface area contributed by atoms with Crippen molar-refractivity contribution in [1.82, 2.24) is 0 Å². The van der Waals surface area contributed by atoms with E-state index in [-0.39, 0.29) is 11.5 Å². The van der Waals surface area contributed by atoms with Gasteiger partial charge in [0.15, 0.2) is 0 Å². The van der Waals surface area contributed by atoms with Crippen LogP contribution in [0.5, 0.6) is 0 Å². The number of hydrogen-bond acceptors (Lipinski definition) is 3. The van der Waals surface area contributed by atoms with Gasteiger partial charge in [0, 0.05) is 11.1 Å². The standard InChI is InChI=1S/C12H18N2O2/c1-12(2,3)10(16-11(14)15)8-4-6-9(13)7-5-8/h4-7,10H,13H2,1-3H3,(H2,14,15). The van der Waals surface area contributed by atoms with E-state index in [4.69, 9.17) is 16.2 Å². The minimum Gasteiger partial charge on any atom is -0.441 e. The number of primary amides is 1. The van der Waals surface area contributed by atoms with Crippen molar-refractivity contribution in [1.29, 1.82) is 0 Å². The van der Waals surface area contributed by atoms with E-state index in [2.05, 4.69) is 0 Å². The Morgan fingerprint density at radius 2 is 1.75 bits per heavy atom. The number of hydrogen-bond donors (Lipinski definition) is 2. The first kappa shape index (κ1) is 12.4. The zero-order valence-corrected chi connectivity index (χ0v) is 9.86. The summed E-state index contributed by atoms with van der Waals surface area (Å²) in [5.74, 6) is 0. The molecule has 0 aliphatic carbocycles. The Labute approximate surface area is 95.6 Å². The molecule has 0 aliphatic heterocycles. The molecule has 0 saturated carbocycles. The minimum atomic E-state index is -0.767. The van der Waals surface area contributed by atoms with Crippen LogP contribution in [0.4, 0.5) is 10.5 Å². The molecule has 1 aromatic rings. The van der Waals surface area contributed by atoms with Gasteiger partial charge in [0.2, 0.25) is 0 Å². The number of nitrogens with two attached hydrogens (primary N) is 2. The first-order valence-electron chi connectivity index (χ1n) is 5.12. The number of carbonyl (C=O) groups is 1. The van der Waals surface area contributed by atoms with Gasteiger partial charge in [-0.1, -0.05) is 32.9 Å². The maximum atomic E-state index is 10.9. The van der Waals surface area contributed by atoms with Gasteiger partial charge in [-0.05, 0) is 17.7 Å². The van der Waals surface area contributed by atoms with Crippen molar-refractivity contribution in [3.63, 3.8) is 0 Å². The number of carbonyl (C=O) groups excluding carboxylic acids is 1. The van der Waals surface area contributed by atoms with Crippen molar-refractivity contribution in [2.75, 3.05) is 5.73 Å². The molecule has 0 aliphatic rings. The van der Waals surface area contributed by atoms with Gasteiger partial charge < -0.3 is 16.2 Å². The molecule has 1 aromatic carbocycles. The summed E-state index contributed by atoms with van der Waals surface area (Å²) in [5, 5.41) is 0. The van der Waals surface area contributed by atoms with Gasteiger partial charge in [-0.3, -0.25) is 0 Å². The van der Waals surface area contributed by atoms with Gasteiger partial charge >= 0.3 is 6.09 Å². The summed E-state index contributed by atoms with van der Waals surface area (Å²) in [4.78, 5) is 10.9. The SMILES string of the molecule is CC(C)(C)C(OC(N)=O)c1ccc(N)cc1. The number of amides is 1. The van der Waals surface area contributed by atoms with Gasteiger partial charge in [-0.15, -0.1) is 0 Å². The summed E-state index contributed by atoms with van der Waals surface area (Å²) in [6.07, 6.45) is -1.14. The van der Waals surface area contributed by atoms with Crippen molar-refractivity contribution >= 4 is 11.8 Å². The third-order valence-corrected chi connectivity index (χ3v) is 2.26. The fourth-order valence-electron chi connectivity index (χ4n) is 1.53. The monoisotopic (exact) mass is 222 g/mol. The molecule has 1 rings (SSSR count). The first-order chi connectivity index (χ1) is 7.30. The van der Waals surface area contributed by atoms with Crippen LogP contribution >= 0.6 is 0 Å². The molecule has 0 heterocycles. The predicted octanol–water partition coefficient (Wildman–Crippen LogP) is 2.45. The van der Waals surface area contributed by atoms with E-state index in [1.54, 1.807) is 12.1 Å². The van der Waals surface area contributed by atoms with Crippen LogP contribution in [-0.2, 0) is 4.74 Å². The second-order valence-corrected chi connectivity index (χ2v) is 4.85. The molecule has 1 unspecified atom stereocenters. The first-order valence-corrected chi connectivity index (χ1v) is 5.12. The fourth-order valence-corrected chi connectivity index (χ4v) is 1.53. The van der Waals surface area contributed by atoms with Gasteiger partial charge in [-0.2, -0.15) is 0 Å². The quantitative estimate of drug-likeness (QED) is 0.754. The lowest BCUT2D eigenvalue weighted by Gasteiger charge is -2.30. The van der Waals surface area contributed by atoms with E-state index in [0.717, 1.165) is 5.56 Å². The van der Waals surface area contributed by atoms with E-state index >= 15 is 0 Å². The van der Waals surface area contributed by atoms with Crippen LogP contribution in [0.1, 0.15) is 32.4 Å². The lowest BCUT2D eigenvalue weighted by molar-refractivity contribution is 0.0360. The number of nitrogen functional groups attached to an aromatic ring is 1. The van der Waals surface area contributed by atoms with Crippen molar-refractivity contribution in [3.8, 4) is 0 Å². The van der Waals surface area contributed by atoms with E-state index in [9.17, 15) is 4.79 Å². The third-order valence-electron chi connectivity index (χ3n) is 2.26. The summed E-state index contributed by atoms with van der Waals surface area (Å²) >= 11 is 0. The lowest BCUT2D eigenvalue weighted by atomic mass is 9.84. The third kappa shape index (κ3) is 3.15. The highest BCUT2D eigenvalue weighted by molar-refractivity contribution is 5.65. The summed E-state index contributed by atoms with van der Waals surface area (Å²) in [6.45, 7) is 5.95.